The molecule has 0 heterocycles. The van der Waals surface area contributed by atoms with Crippen LogP contribution in [0.3, 0.4) is 0 Å². The highest BCUT2D eigenvalue weighted by Gasteiger charge is 2.39. The van der Waals surface area contributed by atoms with Gasteiger partial charge in [0.1, 0.15) is 0 Å². The fraction of sp³-hybridized carbons (Fsp3) is 0.913. The van der Waals surface area contributed by atoms with Crippen molar-refractivity contribution in [3.63, 3.8) is 0 Å². The van der Waals surface area contributed by atoms with E-state index in [9.17, 15) is 0 Å². The van der Waals surface area contributed by atoms with E-state index in [1.807, 2.05) is 13.0 Å². The number of ether oxygens (including phenoxy) is 4. The van der Waals surface area contributed by atoms with E-state index in [0.717, 1.165) is 38.2 Å². The number of allylic oxidation sites excluding steroid dienone is 1. The van der Waals surface area contributed by atoms with Crippen LogP contribution >= 0.6 is 0 Å². The molecule has 0 spiro atoms. The van der Waals surface area contributed by atoms with E-state index in [1.165, 1.54) is 44.9 Å². The lowest BCUT2D eigenvalue weighted by molar-refractivity contribution is -0.380. The number of methoxy groups -OCH3 is 3. The number of hydrogen-bond donors (Lipinski definition) is 0. The van der Waals surface area contributed by atoms with Crippen molar-refractivity contribution in [2.75, 3.05) is 27.9 Å². The minimum Gasteiger partial charge on any atom is -0.502 e. The summed E-state index contributed by atoms with van der Waals surface area (Å²) < 4.78 is 22.4. The summed E-state index contributed by atoms with van der Waals surface area (Å²) in [5.74, 6) is 0.141. The van der Waals surface area contributed by atoms with Gasteiger partial charge >= 0.3 is 0 Å². The number of hydrogen-bond acceptors (Lipinski definition) is 4. The fourth-order valence-electron chi connectivity index (χ4n) is 3.75. The van der Waals surface area contributed by atoms with Crippen molar-refractivity contribution in [2.24, 2.45) is 11.8 Å². The lowest BCUT2D eigenvalue weighted by Gasteiger charge is -2.36. The van der Waals surface area contributed by atoms with Crippen LogP contribution in [0.5, 0.6) is 0 Å². The Hall–Kier alpha value is -0.580. The summed E-state index contributed by atoms with van der Waals surface area (Å²) in [6.45, 7) is 7.41. The summed E-state index contributed by atoms with van der Waals surface area (Å²) >= 11 is 0. The molecular formula is C23H46O4. The molecule has 4 heteroatoms. The molecule has 0 aromatic heterocycles. The molecule has 2 atom stereocenters. The molecule has 0 bridgehead atoms. The first-order valence-corrected chi connectivity index (χ1v) is 11.0. The van der Waals surface area contributed by atoms with Gasteiger partial charge in [0.25, 0.3) is 5.97 Å². The molecule has 4 nitrogen and oxygen atoms in total. The van der Waals surface area contributed by atoms with Crippen molar-refractivity contribution in [1.29, 1.82) is 0 Å². The highest BCUT2D eigenvalue weighted by molar-refractivity contribution is 4.72. The van der Waals surface area contributed by atoms with Crippen LogP contribution in [0, 0.1) is 11.8 Å². The summed E-state index contributed by atoms with van der Waals surface area (Å²) in [4.78, 5) is 0. The molecule has 0 amide bonds. The first-order chi connectivity index (χ1) is 13.1. The Balaban J connectivity index is 4.37. The molecule has 0 fully saturated rings. The molecule has 0 saturated heterocycles. The van der Waals surface area contributed by atoms with Gasteiger partial charge in [0.2, 0.25) is 0 Å². The second-order valence-electron chi connectivity index (χ2n) is 7.63. The van der Waals surface area contributed by atoms with E-state index in [1.54, 1.807) is 27.6 Å². The highest BCUT2D eigenvalue weighted by Crippen LogP contribution is 2.33. The van der Waals surface area contributed by atoms with Gasteiger partial charge in [-0.15, -0.1) is 0 Å². The van der Waals surface area contributed by atoms with Gasteiger partial charge in [-0.2, -0.15) is 0 Å². The zero-order chi connectivity index (χ0) is 20.4. The zero-order valence-electron chi connectivity index (χ0n) is 18.9. The van der Waals surface area contributed by atoms with Crippen LogP contribution in [0.25, 0.3) is 0 Å². The molecular weight excluding hydrogens is 340 g/mol. The van der Waals surface area contributed by atoms with Crippen molar-refractivity contribution in [3.05, 3.63) is 12.3 Å². The summed E-state index contributed by atoms with van der Waals surface area (Å²) in [5.41, 5.74) is 0. The normalized spacial score (nSPS) is 14.6. The molecule has 0 radical (unpaired) electrons. The molecule has 0 aromatic carbocycles. The summed E-state index contributed by atoms with van der Waals surface area (Å²) in [7, 11) is 5.05. The Morgan fingerprint density at radius 3 is 1.96 bits per heavy atom. The van der Waals surface area contributed by atoms with Gasteiger partial charge in [-0.3, -0.25) is 0 Å². The van der Waals surface area contributed by atoms with Gasteiger partial charge in [-0.1, -0.05) is 71.3 Å². The number of rotatable bonds is 19. The molecule has 2 unspecified atom stereocenters. The smallest absolute Gasteiger partial charge is 0.285 e. The number of unbranched alkanes of at least 4 members (excludes halogenated alkanes) is 4. The quantitative estimate of drug-likeness (QED) is 0.141. The standard InChI is InChI=1S/C23H46O4/c1-7-9-15-21(3)16-14-18-22(23(24-4,25-5)26-6)17-12-10-11-13-20-27-19-8-2/h8,19,21-22H,7,9-18,20H2,1-6H3. The minimum atomic E-state index is -0.915. The van der Waals surface area contributed by atoms with Crippen LogP contribution < -0.4 is 0 Å². The average Bonchev–Trinajstić information content (AvgIpc) is 2.69. The van der Waals surface area contributed by atoms with Crippen LogP contribution in [0.1, 0.15) is 91.4 Å². The maximum atomic E-state index is 5.67. The Morgan fingerprint density at radius 2 is 1.37 bits per heavy atom. The first-order valence-electron chi connectivity index (χ1n) is 11.0. The van der Waals surface area contributed by atoms with Crippen molar-refractivity contribution in [3.8, 4) is 0 Å². The predicted molar refractivity (Wildman–Crippen MR) is 114 cm³/mol. The second-order valence-corrected chi connectivity index (χ2v) is 7.63. The monoisotopic (exact) mass is 386 g/mol. The van der Waals surface area contributed by atoms with Crippen LogP contribution in [-0.2, 0) is 18.9 Å². The van der Waals surface area contributed by atoms with Crippen molar-refractivity contribution in [1.82, 2.24) is 0 Å². The van der Waals surface area contributed by atoms with Gasteiger partial charge in [0, 0.05) is 27.2 Å². The van der Waals surface area contributed by atoms with E-state index in [-0.39, 0.29) is 5.92 Å². The highest BCUT2D eigenvalue weighted by atomic mass is 16.9. The third-order valence-corrected chi connectivity index (χ3v) is 5.45. The Kier molecular flexibility index (Phi) is 17.1. The molecule has 0 aliphatic rings. The molecule has 27 heavy (non-hydrogen) atoms. The first kappa shape index (κ1) is 26.4. The Bertz CT molecular complexity index is 331. The predicted octanol–water partition coefficient (Wildman–Crippen LogP) is 6.69. The van der Waals surface area contributed by atoms with Crippen molar-refractivity contribution in [2.45, 2.75) is 97.4 Å². The van der Waals surface area contributed by atoms with Crippen molar-refractivity contribution < 1.29 is 18.9 Å². The van der Waals surface area contributed by atoms with Crippen molar-refractivity contribution >= 4 is 0 Å². The van der Waals surface area contributed by atoms with E-state index in [2.05, 4.69) is 13.8 Å². The van der Waals surface area contributed by atoms with Gasteiger partial charge in [0.05, 0.1) is 12.9 Å². The van der Waals surface area contributed by atoms with E-state index in [0.29, 0.717) is 0 Å². The summed E-state index contributed by atoms with van der Waals surface area (Å²) in [6, 6.07) is 0. The minimum absolute atomic E-state index is 0.259. The molecule has 0 aliphatic carbocycles. The molecule has 162 valence electrons. The lowest BCUT2D eigenvalue weighted by atomic mass is 9.89. The largest absolute Gasteiger partial charge is 0.502 e. The fourth-order valence-corrected chi connectivity index (χ4v) is 3.75. The van der Waals surface area contributed by atoms with E-state index < -0.39 is 5.97 Å². The van der Waals surface area contributed by atoms with E-state index in [4.69, 9.17) is 18.9 Å². The van der Waals surface area contributed by atoms with Crippen LogP contribution in [0.2, 0.25) is 0 Å². The van der Waals surface area contributed by atoms with Gasteiger partial charge < -0.3 is 18.9 Å². The molecule has 0 aromatic rings. The van der Waals surface area contributed by atoms with E-state index >= 15 is 0 Å². The van der Waals surface area contributed by atoms with Crippen LogP contribution in [-0.4, -0.2) is 33.9 Å². The van der Waals surface area contributed by atoms with Crippen LogP contribution in [0.15, 0.2) is 12.3 Å². The maximum Gasteiger partial charge on any atom is 0.285 e. The second kappa shape index (κ2) is 17.5. The Labute approximate surface area is 169 Å². The zero-order valence-corrected chi connectivity index (χ0v) is 18.9. The maximum absolute atomic E-state index is 5.67. The lowest BCUT2D eigenvalue weighted by Crippen LogP contribution is -2.44. The average molecular weight is 387 g/mol. The molecule has 0 N–H and O–H groups in total. The Morgan fingerprint density at radius 1 is 0.778 bits per heavy atom. The van der Waals surface area contributed by atoms with Crippen LogP contribution in [0.4, 0.5) is 0 Å². The summed E-state index contributed by atoms with van der Waals surface area (Å²) in [5, 5.41) is 0. The third kappa shape index (κ3) is 11.8. The van der Waals surface area contributed by atoms with Gasteiger partial charge in [0.15, 0.2) is 0 Å². The molecule has 0 rings (SSSR count). The third-order valence-electron chi connectivity index (χ3n) is 5.45. The molecule has 0 aliphatic heterocycles. The SMILES string of the molecule is CC=COCCCCCCC(CCCC(C)CCCC)C(OC)(OC)OC. The van der Waals surface area contributed by atoms with Gasteiger partial charge in [-0.25, -0.2) is 0 Å². The van der Waals surface area contributed by atoms with Gasteiger partial charge in [-0.05, 0) is 32.1 Å². The molecule has 0 saturated carbocycles. The topological polar surface area (TPSA) is 36.9 Å². The summed E-state index contributed by atoms with van der Waals surface area (Å²) in [6.07, 6.45) is 16.9.